The van der Waals surface area contributed by atoms with Gasteiger partial charge in [0.05, 0.1) is 45.4 Å². The van der Waals surface area contributed by atoms with Crippen LogP contribution in [0.1, 0.15) is 12.0 Å². The average molecular weight is 380 g/mol. The molecule has 4 rings (SSSR count). The lowest BCUT2D eigenvalue weighted by atomic mass is 10.1. The van der Waals surface area contributed by atoms with E-state index in [-0.39, 0.29) is 17.9 Å². The molecule has 146 valence electrons. The molecule has 0 bridgehead atoms. The summed E-state index contributed by atoms with van der Waals surface area (Å²) in [6, 6.07) is 15.3. The number of carbonyl (C=O) groups is 2. The SMILES string of the molecule is COc1cccc(N2CC[NH+]([C@H]3CC(=O)N(c4ccc(C)cc4)C3=O)CC2)c1. The maximum absolute atomic E-state index is 13.0. The van der Waals surface area contributed by atoms with Gasteiger partial charge in [-0.1, -0.05) is 23.8 Å². The van der Waals surface area contributed by atoms with E-state index in [9.17, 15) is 9.59 Å². The van der Waals surface area contributed by atoms with Gasteiger partial charge in [-0.3, -0.25) is 9.59 Å². The van der Waals surface area contributed by atoms with Crippen molar-refractivity contribution in [2.45, 2.75) is 19.4 Å². The molecular weight excluding hydrogens is 354 g/mol. The Kier molecular flexibility index (Phi) is 5.05. The second kappa shape index (κ2) is 7.64. The molecule has 0 spiro atoms. The van der Waals surface area contributed by atoms with E-state index < -0.39 is 0 Å². The Labute approximate surface area is 165 Å². The first kappa shape index (κ1) is 18.5. The van der Waals surface area contributed by atoms with Crippen LogP contribution in [0.2, 0.25) is 0 Å². The van der Waals surface area contributed by atoms with Crippen LogP contribution in [0.25, 0.3) is 0 Å². The zero-order valence-corrected chi connectivity index (χ0v) is 16.4. The van der Waals surface area contributed by atoms with E-state index in [2.05, 4.69) is 11.0 Å². The van der Waals surface area contributed by atoms with Crippen LogP contribution in [0.3, 0.4) is 0 Å². The van der Waals surface area contributed by atoms with Crippen LogP contribution in [0.15, 0.2) is 48.5 Å². The first-order chi connectivity index (χ1) is 13.6. The van der Waals surface area contributed by atoms with Crippen molar-refractivity contribution in [2.24, 2.45) is 0 Å². The highest BCUT2D eigenvalue weighted by Crippen LogP contribution is 2.23. The molecule has 2 aromatic rings. The van der Waals surface area contributed by atoms with Crippen molar-refractivity contribution in [1.82, 2.24) is 0 Å². The Morgan fingerprint density at radius 2 is 1.71 bits per heavy atom. The van der Waals surface area contributed by atoms with Crippen molar-refractivity contribution in [3.05, 3.63) is 54.1 Å². The quantitative estimate of drug-likeness (QED) is 0.806. The molecule has 2 aliphatic rings. The van der Waals surface area contributed by atoms with E-state index in [0.717, 1.165) is 43.2 Å². The predicted octanol–water partition coefficient (Wildman–Crippen LogP) is 1.04. The fourth-order valence-electron chi connectivity index (χ4n) is 4.12. The van der Waals surface area contributed by atoms with E-state index in [4.69, 9.17) is 4.74 Å². The van der Waals surface area contributed by atoms with Crippen LogP contribution >= 0.6 is 0 Å². The van der Waals surface area contributed by atoms with Crippen molar-refractivity contribution in [3.63, 3.8) is 0 Å². The molecule has 2 fully saturated rings. The highest BCUT2D eigenvalue weighted by molar-refractivity contribution is 6.21. The van der Waals surface area contributed by atoms with Crippen LogP contribution in [-0.4, -0.2) is 51.1 Å². The summed E-state index contributed by atoms with van der Waals surface area (Å²) in [6.45, 7) is 5.37. The lowest BCUT2D eigenvalue weighted by Crippen LogP contribution is -3.19. The molecule has 2 saturated heterocycles. The summed E-state index contributed by atoms with van der Waals surface area (Å²) >= 11 is 0. The van der Waals surface area contributed by atoms with E-state index in [1.807, 2.05) is 49.4 Å². The van der Waals surface area contributed by atoms with E-state index in [1.165, 1.54) is 9.80 Å². The molecule has 0 unspecified atom stereocenters. The van der Waals surface area contributed by atoms with Gasteiger partial charge in [-0.25, -0.2) is 4.90 Å². The fourth-order valence-corrected chi connectivity index (χ4v) is 4.12. The topological polar surface area (TPSA) is 54.3 Å². The zero-order chi connectivity index (χ0) is 19.7. The summed E-state index contributed by atoms with van der Waals surface area (Å²) in [5.41, 5.74) is 2.92. The van der Waals surface area contributed by atoms with Crippen LogP contribution in [0.4, 0.5) is 11.4 Å². The number of nitrogens with one attached hydrogen (secondary N) is 1. The van der Waals surface area contributed by atoms with Gasteiger partial charge in [0.2, 0.25) is 5.91 Å². The number of piperazine rings is 1. The largest absolute Gasteiger partial charge is 0.497 e. The third-order valence-electron chi connectivity index (χ3n) is 5.76. The third-order valence-corrected chi connectivity index (χ3v) is 5.76. The van der Waals surface area contributed by atoms with Gasteiger partial charge in [0.25, 0.3) is 5.91 Å². The Morgan fingerprint density at radius 3 is 2.39 bits per heavy atom. The second-order valence-corrected chi connectivity index (χ2v) is 7.51. The number of amides is 2. The molecule has 0 aromatic heterocycles. The molecule has 2 heterocycles. The summed E-state index contributed by atoms with van der Waals surface area (Å²) in [5, 5.41) is 0. The van der Waals surface area contributed by atoms with Gasteiger partial charge >= 0.3 is 0 Å². The summed E-state index contributed by atoms with van der Waals surface area (Å²) in [7, 11) is 1.67. The first-order valence-electron chi connectivity index (χ1n) is 9.74. The standard InChI is InChI=1S/C22H25N3O3/c1-16-6-8-17(9-7-16)25-21(26)15-20(22(25)27)24-12-10-23(11-13-24)18-4-3-5-19(14-18)28-2/h3-9,14,20H,10-13,15H2,1-2H3/p+1/t20-/m0/s1. The lowest BCUT2D eigenvalue weighted by molar-refractivity contribution is -0.915. The van der Waals surface area contributed by atoms with Crippen molar-refractivity contribution in [3.8, 4) is 5.75 Å². The molecule has 2 aromatic carbocycles. The minimum Gasteiger partial charge on any atom is -0.497 e. The summed E-state index contributed by atoms with van der Waals surface area (Å²) in [6.07, 6.45) is 0.293. The van der Waals surface area contributed by atoms with Crippen molar-refractivity contribution in [1.29, 1.82) is 0 Å². The number of hydrogen-bond acceptors (Lipinski definition) is 4. The second-order valence-electron chi connectivity index (χ2n) is 7.51. The average Bonchev–Trinajstić information content (AvgIpc) is 3.03. The molecule has 6 heteroatoms. The van der Waals surface area contributed by atoms with Crippen LogP contribution in [-0.2, 0) is 9.59 Å². The summed E-state index contributed by atoms with van der Waals surface area (Å²) in [5.74, 6) is 0.679. The van der Waals surface area contributed by atoms with E-state index in [1.54, 1.807) is 7.11 Å². The van der Waals surface area contributed by atoms with Gasteiger partial charge < -0.3 is 14.5 Å². The molecule has 0 radical (unpaired) electrons. The number of ether oxygens (including phenoxy) is 1. The Morgan fingerprint density at radius 1 is 1.00 bits per heavy atom. The molecule has 0 saturated carbocycles. The van der Waals surface area contributed by atoms with Gasteiger partial charge in [0, 0.05) is 11.8 Å². The monoisotopic (exact) mass is 380 g/mol. The fraction of sp³-hybridized carbons (Fsp3) is 0.364. The number of hydrogen-bond donors (Lipinski definition) is 1. The normalized spacial score (nSPS) is 20.7. The smallest absolute Gasteiger partial charge is 0.292 e. The molecule has 28 heavy (non-hydrogen) atoms. The lowest BCUT2D eigenvalue weighted by Gasteiger charge is -2.35. The molecule has 0 aliphatic carbocycles. The maximum atomic E-state index is 13.0. The molecule has 1 N–H and O–H groups in total. The first-order valence-corrected chi connectivity index (χ1v) is 9.74. The minimum atomic E-state index is -0.277. The van der Waals surface area contributed by atoms with Gasteiger partial charge in [0.1, 0.15) is 5.75 Å². The van der Waals surface area contributed by atoms with Gasteiger partial charge in [0.15, 0.2) is 6.04 Å². The Balaban J connectivity index is 1.42. The van der Waals surface area contributed by atoms with E-state index >= 15 is 0 Å². The number of methoxy groups -OCH3 is 1. The van der Waals surface area contributed by atoms with Crippen LogP contribution in [0, 0.1) is 6.92 Å². The number of benzene rings is 2. The van der Waals surface area contributed by atoms with Gasteiger partial charge in [-0.2, -0.15) is 0 Å². The number of rotatable bonds is 4. The number of nitrogens with zero attached hydrogens (tertiary/aromatic N) is 2. The van der Waals surface area contributed by atoms with Gasteiger partial charge in [-0.15, -0.1) is 0 Å². The number of aryl methyl sites for hydroxylation is 1. The van der Waals surface area contributed by atoms with Crippen molar-refractivity contribution >= 4 is 23.2 Å². The van der Waals surface area contributed by atoms with Gasteiger partial charge in [-0.05, 0) is 31.2 Å². The Bertz CT molecular complexity index is 873. The molecule has 1 atom stereocenters. The third kappa shape index (κ3) is 3.47. The zero-order valence-electron chi connectivity index (χ0n) is 16.4. The minimum absolute atomic E-state index is 0.0707. The molecule has 6 nitrogen and oxygen atoms in total. The van der Waals surface area contributed by atoms with Crippen LogP contribution in [0.5, 0.6) is 5.75 Å². The molecule has 2 aliphatic heterocycles. The van der Waals surface area contributed by atoms with Crippen molar-refractivity contribution < 1.29 is 19.2 Å². The molecular formula is C22H26N3O3+. The number of quaternary nitrogens is 1. The number of imide groups is 1. The predicted molar refractivity (Wildman–Crippen MR) is 108 cm³/mol. The van der Waals surface area contributed by atoms with Crippen molar-refractivity contribution in [2.75, 3.05) is 43.1 Å². The highest BCUT2D eigenvalue weighted by atomic mass is 16.5. The Hall–Kier alpha value is -2.86. The van der Waals surface area contributed by atoms with Crippen LogP contribution < -0.4 is 19.4 Å². The molecule has 2 amide bonds. The van der Waals surface area contributed by atoms with E-state index in [0.29, 0.717) is 12.1 Å². The number of carbonyl (C=O) groups excluding carboxylic acids is 2. The number of anilines is 2. The maximum Gasteiger partial charge on any atom is 0.292 e. The highest BCUT2D eigenvalue weighted by Gasteiger charge is 2.46. The summed E-state index contributed by atoms with van der Waals surface area (Å²) in [4.78, 5) is 30.4. The summed E-state index contributed by atoms with van der Waals surface area (Å²) < 4.78 is 5.32.